The molecule has 0 aromatic carbocycles. The maximum absolute atomic E-state index is 11.9. The van der Waals surface area contributed by atoms with Crippen molar-refractivity contribution in [1.82, 2.24) is 9.55 Å². The molecule has 0 aliphatic heterocycles. The largest absolute Gasteiger partial charge is 0.361 e. The fourth-order valence-corrected chi connectivity index (χ4v) is 1.79. The van der Waals surface area contributed by atoms with Crippen molar-refractivity contribution in [2.75, 3.05) is 5.32 Å². The van der Waals surface area contributed by atoms with Crippen molar-refractivity contribution in [3.8, 4) is 0 Å². The molecule has 90 valence electrons. The molecule has 1 rings (SSSR count). The molecule has 1 heterocycles. The second kappa shape index (κ2) is 5.14. The zero-order valence-corrected chi connectivity index (χ0v) is 10.6. The normalized spacial score (nSPS) is 11.5. The SMILES string of the molecule is CCCC(C)(C)Nc1nccn(CC)c1=O. The van der Waals surface area contributed by atoms with Gasteiger partial charge in [-0.3, -0.25) is 4.79 Å². The molecule has 0 saturated heterocycles. The summed E-state index contributed by atoms with van der Waals surface area (Å²) in [6.07, 6.45) is 5.46. The summed E-state index contributed by atoms with van der Waals surface area (Å²) < 4.78 is 1.65. The summed E-state index contributed by atoms with van der Waals surface area (Å²) >= 11 is 0. The summed E-state index contributed by atoms with van der Waals surface area (Å²) in [5.41, 5.74) is -0.137. The summed E-state index contributed by atoms with van der Waals surface area (Å²) in [7, 11) is 0. The van der Waals surface area contributed by atoms with Crippen molar-refractivity contribution in [1.29, 1.82) is 0 Å². The predicted molar refractivity (Wildman–Crippen MR) is 66.8 cm³/mol. The van der Waals surface area contributed by atoms with E-state index in [0.717, 1.165) is 12.8 Å². The molecule has 1 aromatic heterocycles. The minimum atomic E-state index is -0.0894. The molecule has 4 nitrogen and oxygen atoms in total. The maximum atomic E-state index is 11.9. The molecular formula is C12H21N3O. The summed E-state index contributed by atoms with van der Waals surface area (Å²) in [4.78, 5) is 16.0. The average Bonchev–Trinajstić information content (AvgIpc) is 2.21. The first kappa shape index (κ1) is 12.7. The van der Waals surface area contributed by atoms with E-state index in [1.165, 1.54) is 0 Å². The molecule has 0 radical (unpaired) electrons. The van der Waals surface area contributed by atoms with Crippen molar-refractivity contribution in [3.63, 3.8) is 0 Å². The van der Waals surface area contributed by atoms with E-state index in [0.29, 0.717) is 12.4 Å². The molecule has 4 heteroatoms. The van der Waals surface area contributed by atoms with Gasteiger partial charge in [0.05, 0.1) is 0 Å². The highest BCUT2D eigenvalue weighted by Gasteiger charge is 2.18. The molecule has 0 amide bonds. The van der Waals surface area contributed by atoms with Gasteiger partial charge >= 0.3 is 0 Å². The van der Waals surface area contributed by atoms with Crippen LogP contribution < -0.4 is 10.9 Å². The first-order valence-corrected chi connectivity index (χ1v) is 5.84. The third-order valence-corrected chi connectivity index (χ3v) is 2.59. The second-order valence-electron chi connectivity index (χ2n) is 4.63. The quantitative estimate of drug-likeness (QED) is 0.832. The molecule has 1 N–H and O–H groups in total. The van der Waals surface area contributed by atoms with Crippen LogP contribution in [0.15, 0.2) is 17.2 Å². The average molecular weight is 223 g/mol. The van der Waals surface area contributed by atoms with E-state index < -0.39 is 0 Å². The number of nitrogens with zero attached hydrogens (tertiary/aromatic N) is 2. The highest BCUT2D eigenvalue weighted by Crippen LogP contribution is 2.15. The lowest BCUT2D eigenvalue weighted by molar-refractivity contribution is 0.507. The van der Waals surface area contributed by atoms with Crippen LogP contribution in [0.2, 0.25) is 0 Å². The molecule has 0 aliphatic rings. The van der Waals surface area contributed by atoms with Gasteiger partial charge in [0.1, 0.15) is 0 Å². The molecule has 0 aliphatic carbocycles. The van der Waals surface area contributed by atoms with E-state index in [4.69, 9.17) is 0 Å². The maximum Gasteiger partial charge on any atom is 0.293 e. The molecular weight excluding hydrogens is 202 g/mol. The molecule has 0 atom stereocenters. The third kappa shape index (κ3) is 3.08. The summed E-state index contributed by atoms with van der Waals surface area (Å²) in [5.74, 6) is 0.447. The lowest BCUT2D eigenvalue weighted by atomic mass is 9.99. The minimum absolute atomic E-state index is 0.0471. The molecule has 16 heavy (non-hydrogen) atoms. The van der Waals surface area contributed by atoms with Crippen LogP contribution in [-0.4, -0.2) is 15.1 Å². The van der Waals surface area contributed by atoms with Crippen molar-refractivity contribution in [2.24, 2.45) is 0 Å². The lowest BCUT2D eigenvalue weighted by Crippen LogP contribution is -2.35. The van der Waals surface area contributed by atoms with E-state index in [1.807, 2.05) is 6.92 Å². The number of aryl methyl sites for hydroxylation is 1. The first-order chi connectivity index (χ1) is 7.50. The number of nitrogens with one attached hydrogen (secondary N) is 1. The van der Waals surface area contributed by atoms with E-state index in [-0.39, 0.29) is 11.1 Å². The Morgan fingerprint density at radius 3 is 2.69 bits per heavy atom. The van der Waals surface area contributed by atoms with Gasteiger partial charge in [0.2, 0.25) is 0 Å². The summed E-state index contributed by atoms with van der Waals surface area (Å²) in [6.45, 7) is 8.92. The first-order valence-electron chi connectivity index (χ1n) is 5.84. The van der Waals surface area contributed by atoms with E-state index in [2.05, 4.69) is 31.1 Å². The molecule has 0 spiro atoms. The van der Waals surface area contributed by atoms with Crippen LogP contribution >= 0.6 is 0 Å². The second-order valence-corrected chi connectivity index (χ2v) is 4.63. The van der Waals surface area contributed by atoms with Crippen molar-refractivity contribution >= 4 is 5.82 Å². The van der Waals surface area contributed by atoms with E-state index in [1.54, 1.807) is 17.0 Å². The van der Waals surface area contributed by atoms with Gasteiger partial charge in [0.25, 0.3) is 5.56 Å². The Balaban J connectivity index is 2.94. The Hall–Kier alpha value is -1.32. The lowest BCUT2D eigenvalue weighted by Gasteiger charge is -2.26. The Morgan fingerprint density at radius 1 is 1.44 bits per heavy atom. The molecule has 0 bridgehead atoms. The smallest absolute Gasteiger partial charge is 0.293 e. The fourth-order valence-electron chi connectivity index (χ4n) is 1.79. The Bertz CT molecular complexity index is 395. The monoisotopic (exact) mass is 223 g/mol. The van der Waals surface area contributed by atoms with Gasteiger partial charge < -0.3 is 9.88 Å². The van der Waals surface area contributed by atoms with Crippen molar-refractivity contribution < 1.29 is 0 Å². The summed E-state index contributed by atoms with van der Waals surface area (Å²) in [5, 5.41) is 3.22. The molecule has 0 saturated carbocycles. The zero-order chi connectivity index (χ0) is 12.2. The van der Waals surface area contributed by atoms with Crippen LogP contribution in [-0.2, 0) is 6.54 Å². The van der Waals surface area contributed by atoms with Crippen molar-refractivity contribution in [3.05, 3.63) is 22.7 Å². The van der Waals surface area contributed by atoms with Gasteiger partial charge in [-0.2, -0.15) is 0 Å². The predicted octanol–water partition coefficient (Wildman–Crippen LogP) is 2.25. The van der Waals surface area contributed by atoms with Gasteiger partial charge in [0, 0.05) is 24.5 Å². The Kier molecular flexibility index (Phi) is 4.10. The Labute approximate surface area is 96.7 Å². The Morgan fingerprint density at radius 2 is 2.12 bits per heavy atom. The van der Waals surface area contributed by atoms with Crippen LogP contribution in [0.3, 0.4) is 0 Å². The fraction of sp³-hybridized carbons (Fsp3) is 0.667. The summed E-state index contributed by atoms with van der Waals surface area (Å²) in [6, 6.07) is 0. The topological polar surface area (TPSA) is 46.9 Å². The van der Waals surface area contributed by atoms with Gasteiger partial charge in [-0.15, -0.1) is 0 Å². The van der Waals surface area contributed by atoms with Crippen LogP contribution in [0.5, 0.6) is 0 Å². The third-order valence-electron chi connectivity index (χ3n) is 2.59. The van der Waals surface area contributed by atoms with E-state index >= 15 is 0 Å². The van der Waals surface area contributed by atoms with E-state index in [9.17, 15) is 4.79 Å². The number of anilines is 1. The van der Waals surface area contributed by atoms with Gasteiger partial charge in [-0.1, -0.05) is 13.3 Å². The zero-order valence-electron chi connectivity index (χ0n) is 10.6. The number of aromatic nitrogens is 2. The highest BCUT2D eigenvalue weighted by molar-refractivity contribution is 5.34. The van der Waals surface area contributed by atoms with Crippen molar-refractivity contribution in [2.45, 2.75) is 52.6 Å². The number of hydrogen-bond donors (Lipinski definition) is 1. The van der Waals surface area contributed by atoms with Gasteiger partial charge in [0.15, 0.2) is 5.82 Å². The van der Waals surface area contributed by atoms with Crippen LogP contribution in [0, 0.1) is 0 Å². The molecule has 0 fully saturated rings. The number of rotatable bonds is 5. The number of hydrogen-bond acceptors (Lipinski definition) is 3. The minimum Gasteiger partial charge on any atom is -0.361 e. The molecule has 0 unspecified atom stereocenters. The van der Waals surface area contributed by atoms with Crippen LogP contribution in [0.25, 0.3) is 0 Å². The highest BCUT2D eigenvalue weighted by atomic mass is 16.1. The molecule has 1 aromatic rings. The van der Waals surface area contributed by atoms with Gasteiger partial charge in [-0.05, 0) is 27.2 Å². The van der Waals surface area contributed by atoms with Crippen LogP contribution in [0.4, 0.5) is 5.82 Å². The van der Waals surface area contributed by atoms with Crippen LogP contribution in [0.1, 0.15) is 40.5 Å². The standard InChI is InChI=1S/C12H21N3O/c1-5-7-12(3,4)14-10-11(16)15(6-2)9-8-13-10/h8-9H,5-7H2,1-4H3,(H,13,14). The van der Waals surface area contributed by atoms with Gasteiger partial charge in [-0.25, -0.2) is 4.98 Å².